The van der Waals surface area contributed by atoms with Gasteiger partial charge in [-0.25, -0.2) is 9.37 Å². The molecule has 1 aromatic heterocycles. The van der Waals surface area contributed by atoms with Crippen LogP contribution in [0.4, 0.5) is 4.39 Å². The summed E-state index contributed by atoms with van der Waals surface area (Å²) < 4.78 is 20.6. The first-order chi connectivity index (χ1) is 12.9. The molecule has 1 N–H and O–H groups in total. The zero-order valence-corrected chi connectivity index (χ0v) is 15.2. The van der Waals surface area contributed by atoms with E-state index in [4.69, 9.17) is 4.74 Å². The molecule has 0 atom stereocenters. The molecule has 27 heavy (non-hydrogen) atoms. The van der Waals surface area contributed by atoms with E-state index < -0.39 is 0 Å². The van der Waals surface area contributed by atoms with Crippen molar-refractivity contribution in [2.45, 2.75) is 13.3 Å². The average molecular weight is 369 g/mol. The Morgan fingerprint density at radius 1 is 1.22 bits per heavy atom. The van der Waals surface area contributed by atoms with Gasteiger partial charge in [0.25, 0.3) is 5.91 Å². The fourth-order valence-electron chi connectivity index (χ4n) is 2.76. The fraction of sp³-hybridized carbons (Fsp3) is 0.250. The van der Waals surface area contributed by atoms with E-state index in [9.17, 15) is 14.0 Å². The van der Waals surface area contributed by atoms with Gasteiger partial charge in [-0.05, 0) is 31.2 Å². The van der Waals surface area contributed by atoms with Crippen LogP contribution in [-0.2, 0) is 18.3 Å². The Balaban J connectivity index is 1.50. The van der Waals surface area contributed by atoms with E-state index in [-0.39, 0.29) is 24.1 Å². The Labute approximate surface area is 156 Å². The highest BCUT2D eigenvalue weighted by molar-refractivity contribution is 5.94. The van der Waals surface area contributed by atoms with Crippen LogP contribution in [0.5, 0.6) is 5.75 Å². The second-order valence-electron chi connectivity index (χ2n) is 6.19. The Kier molecular flexibility index (Phi) is 5.49. The number of imidazole rings is 1. The van der Waals surface area contributed by atoms with Crippen LogP contribution < -0.4 is 10.1 Å². The molecule has 0 unspecified atom stereocenters. The number of aryl methyl sites for hydroxylation is 1. The molecular weight excluding hydrogens is 349 g/mol. The Morgan fingerprint density at radius 3 is 2.81 bits per heavy atom. The molecule has 140 valence electrons. The molecule has 3 rings (SSSR count). The van der Waals surface area contributed by atoms with Crippen molar-refractivity contribution in [1.82, 2.24) is 14.9 Å². The van der Waals surface area contributed by atoms with Crippen molar-refractivity contribution in [3.63, 3.8) is 0 Å². The van der Waals surface area contributed by atoms with Crippen LogP contribution >= 0.6 is 0 Å². The summed E-state index contributed by atoms with van der Waals surface area (Å²) in [5.41, 5.74) is 1.96. The number of halogens is 1. The maximum absolute atomic E-state index is 13.3. The SMILES string of the molecule is CC(=O)c1cccc(OCC(=O)NCCc2nc3cc(F)ccc3n2C)c1. The zero-order valence-electron chi connectivity index (χ0n) is 15.2. The predicted octanol–water partition coefficient (Wildman–Crippen LogP) is 2.65. The van der Waals surface area contributed by atoms with Crippen LogP contribution in [0.15, 0.2) is 42.5 Å². The van der Waals surface area contributed by atoms with Crippen LogP contribution in [0, 0.1) is 5.82 Å². The molecule has 0 bridgehead atoms. The summed E-state index contributed by atoms with van der Waals surface area (Å²) in [7, 11) is 1.86. The highest BCUT2D eigenvalue weighted by Gasteiger charge is 2.10. The molecule has 1 heterocycles. The summed E-state index contributed by atoms with van der Waals surface area (Å²) in [4.78, 5) is 27.7. The van der Waals surface area contributed by atoms with Crippen molar-refractivity contribution < 1.29 is 18.7 Å². The molecule has 6 nitrogen and oxygen atoms in total. The van der Waals surface area contributed by atoms with Gasteiger partial charge < -0.3 is 14.6 Å². The molecule has 0 saturated carbocycles. The van der Waals surface area contributed by atoms with Gasteiger partial charge >= 0.3 is 0 Å². The van der Waals surface area contributed by atoms with E-state index in [1.54, 1.807) is 30.3 Å². The molecule has 0 fully saturated rings. The number of rotatable bonds is 7. The normalized spacial score (nSPS) is 10.8. The Hall–Kier alpha value is -3.22. The molecule has 0 aliphatic heterocycles. The summed E-state index contributed by atoms with van der Waals surface area (Å²) in [5.74, 6) is 0.563. The number of ketones is 1. The molecule has 2 aromatic carbocycles. The van der Waals surface area contributed by atoms with Crippen molar-refractivity contribution in [2.24, 2.45) is 7.05 Å². The summed E-state index contributed by atoms with van der Waals surface area (Å²) >= 11 is 0. The third-order valence-corrected chi connectivity index (χ3v) is 4.22. The zero-order chi connectivity index (χ0) is 19.4. The lowest BCUT2D eigenvalue weighted by molar-refractivity contribution is -0.123. The van der Waals surface area contributed by atoms with E-state index in [0.717, 1.165) is 11.3 Å². The van der Waals surface area contributed by atoms with Crippen LogP contribution in [0.1, 0.15) is 23.1 Å². The van der Waals surface area contributed by atoms with Crippen LogP contribution in [0.2, 0.25) is 0 Å². The van der Waals surface area contributed by atoms with E-state index in [2.05, 4.69) is 10.3 Å². The summed E-state index contributed by atoms with van der Waals surface area (Å²) in [5, 5.41) is 2.76. The molecule has 0 saturated heterocycles. The van der Waals surface area contributed by atoms with Crippen molar-refractivity contribution in [1.29, 1.82) is 0 Å². The lowest BCUT2D eigenvalue weighted by Gasteiger charge is -2.08. The summed E-state index contributed by atoms with van der Waals surface area (Å²) in [6.07, 6.45) is 0.512. The summed E-state index contributed by atoms with van der Waals surface area (Å²) in [6.45, 7) is 1.71. The highest BCUT2D eigenvalue weighted by Crippen LogP contribution is 2.16. The minimum absolute atomic E-state index is 0.0627. The maximum atomic E-state index is 13.3. The number of carbonyl (C=O) groups excluding carboxylic acids is 2. The van der Waals surface area contributed by atoms with Gasteiger partial charge in [-0.15, -0.1) is 0 Å². The molecule has 0 radical (unpaired) electrons. The number of hydrogen-bond acceptors (Lipinski definition) is 4. The number of Topliss-reactive ketones (excluding diaryl/α,β-unsaturated/α-hetero) is 1. The van der Waals surface area contributed by atoms with Gasteiger partial charge in [-0.1, -0.05) is 12.1 Å². The van der Waals surface area contributed by atoms with Gasteiger partial charge in [0.1, 0.15) is 17.4 Å². The molecular formula is C20H20FN3O3. The molecule has 0 aliphatic carbocycles. The number of ether oxygens (including phenoxy) is 1. The van der Waals surface area contributed by atoms with E-state index in [1.165, 1.54) is 19.1 Å². The van der Waals surface area contributed by atoms with Crippen LogP contribution in [-0.4, -0.2) is 34.4 Å². The third-order valence-electron chi connectivity index (χ3n) is 4.22. The molecule has 0 spiro atoms. The standard InChI is InChI=1S/C20H20FN3O3/c1-13(25)14-4-3-5-16(10-14)27-12-20(26)22-9-8-19-23-17-11-15(21)6-7-18(17)24(19)2/h3-7,10-11H,8-9,12H2,1-2H3,(H,22,26). The number of carbonyl (C=O) groups is 2. The van der Waals surface area contributed by atoms with E-state index in [0.29, 0.717) is 29.8 Å². The smallest absolute Gasteiger partial charge is 0.257 e. The Morgan fingerprint density at radius 2 is 2.04 bits per heavy atom. The van der Waals surface area contributed by atoms with E-state index in [1.807, 2.05) is 11.6 Å². The minimum Gasteiger partial charge on any atom is -0.484 e. The van der Waals surface area contributed by atoms with Crippen molar-refractivity contribution in [2.75, 3.05) is 13.2 Å². The van der Waals surface area contributed by atoms with Gasteiger partial charge in [0.05, 0.1) is 11.0 Å². The summed E-state index contributed by atoms with van der Waals surface area (Å²) in [6, 6.07) is 11.2. The number of hydrogen-bond donors (Lipinski definition) is 1. The second kappa shape index (κ2) is 7.99. The van der Waals surface area contributed by atoms with Gasteiger partial charge in [-0.3, -0.25) is 9.59 Å². The lowest BCUT2D eigenvalue weighted by atomic mass is 10.1. The topological polar surface area (TPSA) is 73.2 Å². The number of amides is 1. The fourth-order valence-corrected chi connectivity index (χ4v) is 2.76. The largest absolute Gasteiger partial charge is 0.484 e. The molecule has 1 amide bonds. The third kappa shape index (κ3) is 4.49. The van der Waals surface area contributed by atoms with Gasteiger partial charge in [0, 0.05) is 31.6 Å². The quantitative estimate of drug-likeness (QED) is 0.650. The first-order valence-corrected chi connectivity index (χ1v) is 8.55. The van der Waals surface area contributed by atoms with Crippen molar-refractivity contribution in [3.8, 4) is 5.75 Å². The first kappa shape index (κ1) is 18.6. The molecule has 0 aliphatic rings. The van der Waals surface area contributed by atoms with Crippen molar-refractivity contribution in [3.05, 3.63) is 59.7 Å². The number of nitrogens with zero attached hydrogens (tertiary/aromatic N) is 2. The number of fused-ring (bicyclic) bond motifs is 1. The van der Waals surface area contributed by atoms with Gasteiger partial charge in [-0.2, -0.15) is 0 Å². The number of nitrogens with one attached hydrogen (secondary N) is 1. The second-order valence-corrected chi connectivity index (χ2v) is 6.19. The van der Waals surface area contributed by atoms with Crippen LogP contribution in [0.3, 0.4) is 0 Å². The highest BCUT2D eigenvalue weighted by atomic mass is 19.1. The first-order valence-electron chi connectivity index (χ1n) is 8.55. The maximum Gasteiger partial charge on any atom is 0.257 e. The van der Waals surface area contributed by atoms with Gasteiger partial charge in [0.2, 0.25) is 0 Å². The van der Waals surface area contributed by atoms with Gasteiger partial charge in [0.15, 0.2) is 12.4 Å². The molecule has 3 aromatic rings. The number of aromatic nitrogens is 2. The van der Waals surface area contributed by atoms with E-state index >= 15 is 0 Å². The lowest BCUT2D eigenvalue weighted by Crippen LogP contribution is -2.31. The minimum atomic E-state index is -0.327. The monoisotopic (exact) mass is 369 g/mol. The average Bonchev–Trinajstić information content (AvgIpc) is 2.95. The predicted molar refractivity (Wildman–Crippen MR) is 99.3 cm³/mol. The Bertz CT molecular complexity index is 997. The van der Waals surface area contributed by atoms with Crippen molar-refractivity contribution >= 4 is 22.7 Å². The van der Waals surface area contributed by atoms with Crippen LogP contribution in [0.25, 0.3) is 11.0 Å². The number of benzene rings is 2. The molecule has 7 heteroatoms.